The van der Waals surface area contributed by atoms with Gasteiger partial charge in [-0.05, 0) is 24.7 Å². The summed E-state index contributed by atoms with van der Waals surface area (Å²) in [7, 11) is 0. The molecule has 0 amide bonds. The highest BCUT2D eigenvalue weighted by Crippen LogP contribution is 2.35. The lowest BCUT2D eigenvalue weighted by atomic mass is 9.72. The third-order valence-electron chi connectivity index (χ3n) is 3.50. The van der Waals surface area contributed by atoms with Gasteiger partial charge >= 0.3 is 0 Å². The third-order valence-corrected chi connectivity index (χ3v) is 3.50. The van der Waals surface area contributed by atoms with E-state index in [1.54, 1.807) is 0 Å². The molecule has 1 fully saturated rings. The first kappa shape index (κ1) is 11.0. The van der Waals surface area contributed by atoms with Gasteiger partial charge in [-0.2, -0.15) is 0 Å². The summed E-state index contributed by atoms with van der Waals surface area (Å²) < 4.78 is 0. The molecule has 0 radical (unpaired) electrons. The van der Waals surface area contributed by atoms with E-state index in [9.17, 15) is 0 Å². The van der Waals surface area contributed by atoms with Crippen LogP contribution in [0, 0.1) is 11.8 Å². The number of hydrogen-bond acceptors (Lipinski definition) is 2. The monoisotopic (exact) mass is 184 g/mol. The molecule has 2 heteroatoms. The van der Waals surface area contributed by atoms with Crippen molar-refractivity contribution in [3.8, 4) is 0 Å². The molecule has 1 aliphatic carbocycles. The summed E-state index contributed by atoms with van der Waals surface area (Å²) in [6.45, 7) is 4.53. The molecule has 1 rings (SSSR count). The van der Waals surface area contributed by atoms with Crippen LogP contribution in [0.2, 0.25) is 0 Å². The second-order valence-electron chi connectivity index (χ2n) is 4.73. The average molecular weight is 184 g/mol. The van der Waals surface area contributed by atoms with Gasteiger partial charge in [-0.25, -0.2) is 0 Å². The molecule has 1 aliphatic rings. The topological polar surface area (TPSA) is 52.0 Å². The molecule has 0 spiro atoms. The number of hydrogen-bond donors (Lipinski definition) is 2. The van der Waals surface area contributed by atoms with Crippen LogP contribution in [0.3, 0.4) is 0 Å². The van der Waals surface area contributed by atoms with E-state index in [-0.39, 0.29) is 5.66 Å². The third kappa shape index (κ3) is 2.68. The Morgan fingerprint density at radius 1 is 1.38 bits per heavy atom. The molecule has 0 aromatic heterocycles. The Bertz CT molecular complexity index is 154. The zero-order chi connectivity index (χ0) is 9.90. The molecule has 0 bridgehead atoms. The van der Waals surface area contributed by atoms with Gasteiger partial charge in [-0.3, -0.25) is 0 Å². The molecule has 0 aromatic rings. The van der Waals surface area contributed by atoms with Crippen molar-refractivity contribution in [1.29, 1.82) is 0 Å². The van der Waals surface area contributed by atoms with Gasteiger partial charge in [0.15, 0.2) is 0 Å². The van der Waals surface area contributed by atoms with Crippen LogP contribution in [0.15, 0.2) is 0 Å². The van der Waals surface area contributed by atoms with E-state index in [1.165, 1.54) is 32.1 Å². The van der Waals surface area contributed by atoms with E-state index in [4.69, 9.17) is 11.5 Å². The van der Waals surface area contributed by atoms with Gasteiger partial charge in [-0.15, -0.1) is 0 Å². The Balaban J connectivity index is 2.54. The minimum Gasteiger partial charge on any atom is -0.313 e. The lowest BCUT2D eigenvalue weighted by Crippen LogP contribution is -2.58. The molecule has 13 heavy (non-hydrogen) atoms. The highest BCUT2D eigenvalue weighted by atomic mass is 15.0. The first-order valence-electron chi connectivity index (χ1n) is 5.65. The maximum absolute atomic E-state index is 6.13. The SMILES string of the molecule is CCCC(C)C1CCCCC1(N)N. The fourth-order valence-corrected chi connectivity index (χ4v) is 2.72. The number of nitrogens with two attached hydrogens (primary N) is 2. The lowest BCUT2D eigenvalue weighted by molar-refractivity contribution is 0.132. The van der Waals surface area contributed by atoms with Crippen LogP contribution in [0.25, 0.3) is 0 Å². The predicted octanol–water partition coefficient (Wildman–Crippen LogP) is 2.23. The van der Waals surface area contributed by atoms with E-state index < -0.39 is 0 Å². The Morgan fingerprint density at radius 2 is 2.08 bits per heavy atom. The van der Waals surface area contributed by atoms with Gasteiger partial charge in [-0.1, -0.05) is 39.5 Å². The van der Waals surface area contributed by atoms with Crippen molar-refractivity contribution in [2.75, 3.05) is 0 Å². The van der Waals surface area contributed by atoms with Crippen LogP contribution in [-0.4, -0.2) is 5.66 Å². The zero-order valence-electron chi connectivity index (χ0n) is 9.05. The lowest BCUT2D eigenvalue weighted by Gasteiger charge is -2.41. The molecule has 0 saturated heterocycles. The molecule has 0 aliphatic heterocycles. The summed E-state index contributed by atoms with van der Waals surface area (Å²) in [6, 6.07) is 0. The average Bonchev–Trinajstić information content (AvgIpc) is 2.03. The van der Waals surface area contributed by atoms with Gasteiger partial charge in [0.1, 0.15) is 0 Å². The van der Waals surface area contributed by atoms with Crippen LogP contribution < -0.4 is 11.5 Å². The Hall–Kier alpha value is -0.0800. The van der Waals surface area contributed by atoms with E-state index in [2.05, 4.69) is 13.8 Å². The largest absolute Gasteiger partial charge is 0.313 e. The van der Waals surface area contributed by atoms with Crippen molar-refractivity contribution >= 4 is 0 Å². The summed E-state index contributed by atoms with van der Waals surface area (Å²) in [4.78, 5) is 0. The van der Waals surface area contributed by atoms with E-state index >= 15 is 0 Å². The standard InChI is InChI=1S/C11H24N2/c1-3-6-9(2)10-7-4-5-8-11(10,12)13/h9-10H,3-8,12-13H2,1-2H3. The molecule has 2 unspecified atom stereocenters. The van der Waals surface area contributed by atoms with E-state index in [0.29, 0.717) is 11.8 Å². The van der Waals surface area contributed by atoms with Gasteiger partial charge in [0, 0.05) is 0 Å². The summed E-state index contributed by atoms with van der Waals surface area (Å²) >= 11 is 0. The molecule has 1 saturated carbocycles. The van der Waals surface area contributed by atoms with Crippen molar-refractivity contribution in [2.24, 2.45) is 23.3 Å². The maximum Gasteiger partial charge on any atom is 0.0668 e. The first-order chi connectivity index (χ1) is 6.08. The van der Waals surface area contributed by atoms with Gasteiger partial charge < -0.3 is 11.5 Å². The summed E-state index contributed by atoms with van der Waals surface area (Å²) in [6.07, 6.45) is 7.27. The number of rotatable bonds is 3. The molecular weight excluding hydrogens is 160 g/mol. The van der Waals surface area contributed by atoms with Crippen LogP contribution in [0.4, 0.5) is 0 Å². The molecule has 78 valence electrons. The summed E-state index contributed by atoms with van der Waals surface area (Å²) in [5, 5.41) is 0. The minimum absolute atomic E-state index is 0.382. The Morgan fingerprint density at radius 3 is 2.62 bits per heavy atom. The maximum atomic E-state index is 6.13. The van der Waals surface area contributed by atoms with Crippen LogP contribution in [-0.2, 0) is 0 Å². The Kier molecular flexibility index (Phi) is 3.74. The van der Waals surface area contributed by atoms with Crippen LogP contribution >= 0.6 is 0 Å². The van der Waals surface area contributed by atoms with Crippen LogP contribution in [0.1, 0.15) is 52.4 Å². The zero-order valence-corrected chi connectivity index (χ0v) is 9.05. The predicted molar refractivity (Wildman–Crippen MR) is 57.1 cm³/mol. The second kappa shape index (κ2) is 4.43. The first-order valence-corrected chi connectivity index (χ1v) is 5.65. The smallest absolute Gasteiger partial charge is 0.0668 e. The second-order valence-corrected chi connectivity index (χ2v) is 4.73. The minimum atomic E-state index is -0.382. The van der Waals surface area contributed by atoms with Crippen molar-refractivity contribution in [2.45, 2.75) is 58.0 Å². The molecule has 0 aromatic carbocycles. The van der Waals surface area contributed by atoms with E-state index in [1.807, 2.05) is 0 Å². The molecule has 2 nitrogen and oxygen atoms in total. The highest BCUT2D eigenvalue weighted by molar-refractivity contribution is 4.91. The van der Waals surface area contributed by atoms with Gasteiger partial charge in [0.2, 0.25) is 0 Å². The van der Waals surface area contributed by atoms with Crippen LogP contribution in [0.5, 0.6) is 0 Å². The highest BCUT2D eigenvalue weighted by Gasteiger charge is 2.36. The summed E-state index contributed by atoms with van der Waals surface area (Å²) in [5.74, 6) is 1.24. The molecular formula is C11H24N2. The van der Waals surface area contributed by atoms with Crippen molar-refractivity contribution < 1.29 is 0 Å². The van der Waals surface area contributed by atoms with Crippen molar-refractivity contribution in [3.05, 3.63) is 0 Å². The summed E-state index contributed by atoms with van der Waals surface area (Å²) in [5.41, 5.74) is 11.9. The Labute approximate surface area is 82.1 Å². The molecule has 4 N–H and O–H groups in total. The van der Waals surface area contributed by atoms with Crippen molar-refractivity contribution in [3.63, 3.8) is 0 Å². The molecule has 2 atom stereocenters. The van der Waals surface area contributed by atoms with Gasteiger partial charge in [0.05, 0.1) is 5.66 Å². The normalized spacial score (nSPS) is 30.0. The quantitative estimate of drug-likeness (QED) is 0.661. The fourth-order valence-electron chi connectivity index (χ4n) is 2.72. The van der Waals surface area contributed by atoms with Gasteiger partial charge in [0.25, 0.3) is 0 Å². The van der Waals surface area contributed by atoms with E-state index in [0.717, 1.165) is 6.42 Å². The molecule has 0 heterocycles. The fraction of sp³-hybridized carbons (Fsp3) is 1.00. The van der Waals surface area contributed by atoms with Crippen molar-refractivity contribution in [1.82, 2.24) is 0 Å².